The third-order valence-electron chi connectivity index (χ3n) is 5.29. The lowest BCUT2D eigenvalue weighted by Gasteiger charge is -2.28. The Balaban J connectivity index is 1.92. The molecule has 0 aromatic heterocycles. The smallest absolute Gasteiger partial charge is 0.251 e. The number of nitrogens with two attached hydrogens (primary N) is 1. The second-order valence-corrected chi connectivity index (χ2v) is 8.62. The summed E-state index contributed by atoms with van der Waals surface area (Å²) in [6, 6.07) is 15.4. The molecule has 4 N–H and O–H groups in total. The van der Waals surface area contributed by atoms with Gasteiger partial charge >= 0.3 is 0 Å². The standard InChI is InChI=1S/C29H35N3O/c1-6-8-25(9-7-2)20-31-21-26-14-12-23(13-15-26)10-11-24-16-18-27(19-17-24)28(33)32-22(3)29(4,5)30/h6-9,12-19,22,31H,1,20-21,30H2,2-5H3,(H,32,33)/b9-7-,25-8+. The number of carbonyl (C=O) groups excluding carboxylic acids is 1. The molecule has 2 aromatic rings. The molecule has 1 atom stereocenters. The van der Waals surface area contributed by atoms with Gasteiger partial charge in [0.1, 0.15) is 0 Å². The maximum atomic E-state index is 12.4. The number of amides is 1. The van der Waals surface area contributed by atoms with Crippen molar-refractivity contribution in [3.05, 3.63) is 107 Å². The Bertz CT molecular complexity index is 1040. The van der Waals surface area contributed by atoms with E-state index >= 15 is 0 Å². The van der Waals surface area contributed by atoms with Crippen molar-refractivity contribution >= 4 is 5.91 Å². The highest BCUT2D eigenvalue weighted by Gasteiger charge is 2.22. The first-order valence-electron chi connectivity index (χ1n) is 11.2. The molecule has 1 unspecified atom stereocenters. The van der Waals surface area contributed by atoms with Gasteiger partial charge < -0.3 is 16.4 Å². The molecule has 4 nitrogen and oxygen atoms in total. The van der Waals surface area contributed by atoms with Crippen LogP contribution in [0.25, 0.3) is 0 Å². The summed E-state index contributed by atoms with van der Waals surface area (Å²) >= 11 is 0. The number of hydrogen-bond acceptors (Lipinski definition) is 3. The molecule has 0 saturated heterocycles. The van der Waals surface area contributed by atoms with E-state index in [-0.39, 0.29) is 11.9 Å². The van der Waals surface area contributed by atoms with Gasteiger partial charge in [-0.15, -0.1) is 0 Å². The van der Waals surface area contributed by atoms with E-state index in [1.54, 1.807) is 18.2 Å². The van der Waals surface area contributed by atoms with Gasteiger partial charge in [-0.25, -0.2) is 0 Å². The Morgan fingerprint density at radius 2 is 1.67 bits per heavy atom. The molecule has 0 aliphatic carbocycles. The minimum Gasteiger partial charge on any atom is -0.348 e. The molecule has 33 heavy (non-hydrogen) atoms. The van der Waals surface area contributed by atoms with E-state index in [9.17, 15) is 4.79 Å². The van der Waals surface area contributed by atoms with Crippen LogP contribution in [0.15, 0.2) is 85.0 Å². The van der Waals surface area contributed by atoms with Gasteiger partial charge in [-0.1, -0.05) is 54.9 Å². The van der Waals surface area contributed by atoms with E-state index in [0.29, 0.717) is 5.56 Å². The van der Waals surface area contributed by atoms with Gasteiger partial charge in [0, 0.05) is 41.4 Å². The topological polar surface area (TPSA) is 67.2 Å². The summed E-state index contributed by atoms with van der Waals surface area (Å²) in [4.78, 5) is 12.4. The molecule has 0 aliphatic rings. The molecule has 2 rings (SSSR count). The largest absolute Gasteiger partial charge is 0.348 e. The van der Waals surface area contributed by atoms with Crippen LogP contribution in [0.4, 0.5) is 0 Å². The van der Waals surface area contributed by atoms with Crippen LogP contribution >= 0.6 is 0 Å². The van der Waals surface area contributed by atoms with Crippen molar-refractivity contribution in [2.24, 2.45) is 5.73 Å². The fourth-order valence-corrected chi connectivity index (χ4v) is 2.91. The molecule has 0 saturated carbocycles. The molecular formula is C29H35N3O. The van der Waals surface area contributed by atoms with E-state index in [1.807, 2.05) is 64.1 Å². The summed E-state index contributed by atoms with van der Waals surface area (Å²) in [5.74, 6) is 6.20. The van der Waals surface area contributed by atoms with Crippen LogP contribution in [0.1, 0.15) is 54.7 Å². The van der Waals surface area contributed by atoms with Crippen molar-refractivity contribution in [1.82, 2.24) is 10.6 Å². The summed E-state index contributed by atoms with van der Waals surface area (Å²) in [6.07, 6.45) is 7.91. The molecular weight excluding hydrogens is 406 g/mol. The summed E-state index contributed by atoms with van der Waals surface area (Å²) in [7, 11) is 0. The average molecular weight is 442 g/mol. The first kappa shape index (κ1) is 25.9. The monoisotopic (exact) mass is 441 g/mol. The molecule has 0 radical (unpaired) electrons. The van der Waals surface area contributed by atoms with Gasteiger partial charge in [-0.3, -0.25) is 4.79 Å². The lowest BCUT2D eigenvalue weighted by molar-refractivity contribution is 0.0925. The Kier molecular flexibility index (Phi) is 9.87. The second-order valence-electron chi connectivity index (χ2n) is 8.62. The molecule has 0 fully saturated rings. The molecule has 1 amide bonds. The van der Waals surface area contributed by atoms with Gasteiger partial charge in [0.15, 0.2) is 0 Å². The zero-order valence-corrected chi connectivity index (χ0v) is 20.1. The molecule has 4 heteroatoms. The van der Waals surface area contributed by atoms with Crippen LogP contribution in [-0.4, -0.2) is 24.0 Å². The molecule has 0 aliphatic heterocycles. The fraction of sp³-hybridized carbons (Fsp3) is 0.276. The number of carbonyl (C=O) groups is 1. The average Bonchev–Trinajstić information content (AvgIpc) is 2.78. The van der Waals surface area contributed by atoms with Gasteiger partial charge in [0.05, 0.1) is 0 Å². The van der Waals surface area contributed by atoms with E-state index in [2.05, 4.69) is 47.3 Å². The van der Waals surface area contributed by atoms with Gasteiger partial charge in [-0.05, 0) is 75.2 Å². The minimum atomic E-state index is -0.482. The van der Waals surface area contributed by atoms with Crippen molar-refractivity contribution in [2.75, 3.05) is 6.54 Å². The predicted molar refractivity (Wildman–Crippen MR) is 139 cm³/mol. The second kappa shape index (κ2) is 12.6. The third kappa shape index (κ3) is 8.94. The summed E-state index contributed by atoms with van der Waals surface area (Å²) in [5, 5.41) is 6.38. The van der Waals surface area contributed by atoms with E-state index < -0.39 is 5.54 Å². The molecule has 0 bridgehead atoms. The molecule has 0 spiro atoms. The van der Waals surface area contributed by atoms with Gasteiger partial charge in [0.2, 0.25) is 0 Å². The maximum Gasteiger partial charge on any atom is 0.251 e. The summed E-state index contributed by atoms with van der Waals surface area (Å²) in [6.45, 7) is 13.0. The minimum absolute atomic E-state index is 0.137. The van der Waals surface area contributed by atoms with Crippen LogP contribution < -0.4 is 16.4 Å². The number of nitrogens with one attached hydrogen (secondary N) is 2. The Labute approximate surface area is 198 Å². The van der Waals surface area contributed by atoms with Crippen molar-refractivity contribution in [3.8, 4) is 11.8 Å². The maximum absolute atomic E-state index is 12.4. The third-order valence-corrected chi connectivity index (χ3v) is 5.29. The highest BCUT2D eigenvalue weighted by Crippen LogP contribution is 2.09. The van der Waals surface area contributed by atoms with Crippen LogP contribution in [0.3, 0.4) is 0 Å². The zero-order chi connectivity index (χ0) is 24.3. The van der Waals surface area contributed by atoms with E-state index in [1.165, 1.54) is 11.1 Å². The zero-order valence-electron chi connectivity index (χ0n) is 20.1. The highest BCUT2D eigenvalue weighted by atomic mass is 16.1. The van der Waals surface area contributed by atoms with E-state index in [0.717, 1.165) is 24.2 Å². The first-order valence-corrected chi connectivity index (χ1v) is 11.2. The SMILES string of the molecule is C=C/C=C(\C=C/C)CNCc1ccc(C#Cc2ccc(C(=O)NC(C)C(C)(C)N)cc2)cc1. The van der Waals surface area contributed by atoms with Crippen molar-refractivity contribution in [2.45, 2.75) is 45.8 Å². The lowest BCUT2D eigenvalue weighted by Crippen LogP contribution is -2.52. The van der Waals surface area contributed by atoms with Gasteiger partial charge in [0.25, 0.3) is 5.91 Å². The molecule has 172 valence electrons. The summed E-state index contributed by atoms with van der Waals surface area (Å²) in [5.41, 5.74) is 10.3. The van der Waals surface area contributed by atoms with Crippen LogP contribution in [0.2, 0.25) is 0 Å². The van der Waals surface area contributed by atoms with Gasteiger partial charge in [-0.2, -0.15) is 0 Å². The van der Waals surface area contributed by atoms with Crippen molar-refractivity contribution in [3.63, 3.8) is 0 Å². The quantitative estimate of drug-likeness (QED) is 0.390. The fourth-order valence-electron chi connectivity index (χ4n) is 2.91. The van der Waals surface area contributed by atoms with Crippen LogP contribution in [0.5, 0.6) is 0 Å². The Hall–Kier alpha value is -3.39. The highest BCUT2D eigenvalue weighted by molar-refractivity contribution is 5.94. The number of rotatable bonds is 9. The number of hydrogen-bond donors (Lipinski definition) is 3. The predicted octanol–water partition coefficient (Wildman–Crippen LogP) is 4.72. The number of allylic oxidation sites excluding steroid dienone is 3. The van der Waals surface area contributed by atoms with Crippen molar-refractivity contribution < 1.29 is 4.79 Å². The van der Waals surface area contributed by atoms with Crippen LogP contribution in [0, 0.1) is 11.8 Å². The van der Waals surface area contributed by atoms with Crippen molar-refractivity contribution in [1.29, 1.82) is 0 Å². The summed E-state index contributed by atoms with van der Waals surface area (Å²) < 4.78 is 0. The lowest BCUT2D eigenvalue weighted by atomic mass is 9.97. The molecule has 0 heterocycles. The molecule has 2 aromatic carbocycles. The first-order chi connectivity index (χ1) is 15.7. The van der Waals surface area contributed by atoms with E-state index in [4.69, 9.17) is 5.73 Å². The Morgan fingerprint density at radius 1 is 1.09 bits per heavy atom. The number of benzene rings is 2. The van der Waals surface area contributed by atoms with Crippen LogP contribution in [-0.2, 0) is 6.54 Å². The normalized spacial score (nSPS) is 12.7. The Morgan fingerprint density at radius 3 is 2.18 bits per heavy atom.